The van der Waals surface area contributed by atoms with Gasteiger partial charge in [0.1, 0.15) is 28.6 Å². The Balaban J connectivity index is 1.55. The molecule has 178 valence electrons. The molecule has 1 N–H and O–H groups in total. The van der Waals surface area contributed by atoms with Crippen LogP contribution in [0.4, 0.5) is 21.6 Å². The van der Waals surface area contributed by atoms with E-state index in [1.54, 1.807) is 31.7 Å². The molecular formula is C23H28N8O2S. The van der Waals surface area contributed by atoms with Gasteiger partial charge in [0.25, 0.3) is 0 Å². The first kappa shape index (κ1) is 23.6. The second-order valence-corrected chi connectivity index (χ2v) is 10.1. The number of anilines is 3. The third kappa shape index (κ3) is 4.98. The van der Waals surface area contributed by atoms with Crippen molar-refractivity contribution < 1.29 is 9.53 Å². The van der Waals surface area contributed by atoms with Crippen molar-refractivity contribution in [3.05, 3.63) is 36.5 Å². The molecule has 34 heavy (non-hydrogen) atoms. The summed E-state index contributed by atoms with van der Waals surface area (Å²) in [7, 11) is 1.63. The largest absolute Gasteiger partial charge is 0.443 e. The van der Waals surface area contributed by atoms with E-state index >= 15 is 0 Å². The Labute approximate surface area is 202 Å². The molecule has 0 aliphatic carbocycles. The molecule has 11 heteroatoms. The molecular weight excluding hydrogens is 452 g/mol. The highest BCUT2D eigenvalue weighted by Gasteiger charge is 2.23. The van der Waals surface area contributed by atoms with Gasteiger partial charge >= 0.3 is 6.09 Å². The highest BCUT2D eigenvalue weighted by molar-refractivity contribution is 7.19. The molecule has 0 saturated carbocycles. The Morgan fingerprint density at radius 1 is 1.15 bits per heavy atom. The number of pyridine rings is 1. The van der Waals surface area contributed by atoms with E-state index < -0.39 is 11.7 Å². The number of fused-ring (bicyclic) bond motifs is 1. The van der Waals surface area contributed by atoms with Crippen LogP contribution in [0.2, 0.25) is 0 Å². The van der Waals surface area contributed by atoms with E-state index in [4.69, 9.17) is 4.74 Å². The maximum atomic E-state index is 12.3. The SMILES string of the molecule is Cc1nc2cnc(Nc3ccnc(-c4cnc(N(C)C(=O)OC(C)(C)C)s4)n3)cc2n1C(C)C. The summed E-state index contributed by atoms with van der Waals surface area (Å²) in [5.74, 6) is 2.70. The molecule has 0 aliphatic rings. The van der Waals surface area contributed by atoms with Crippen LogP contribution >= 0.6 is 11.3 Å². The van der Waals surface area contributed by atoms with E-state index in [1.165, 1.54) is 16.2 Å². The summed E-state index contributed by atoms with van der Waals surface area (Å²) < 4.78 is 7.58. The van der Waals surface area contributed by atoms with Gasteiger partial charge in [0.2, 0.25) is 0 Å². The van der Waals surface area contributed by atoms with Crippen LogP contribution in [0.5, 0.6) is 0 Å². The second-order valence-electron chi connectivity index (χ2n) is 9.12. The fraction of sp³-hybridized carbons (Fsp3) is 0.391. The number of aromatic nitrogens is 6. The van der Waals surface area contributed by atoms with Gasteiger partial charge in [0.05, 0.1) is 22.8 Å². The van der Waals surface area contributed by atoms with E-state index in [1.807, 2.05) is 33.8 Å². The van der Waals surface area contributed by atoms with Crippen molar-refractivity contribution in [2.45, 2.75) is 53.2 Å². The first-order valence-electron chi connectivity index (χ1n) is 10.9. The molecule has 10 nitrogen and oxygen atoms in total. The third-order valence-electron chi connectivity index (χ3n) is 4.85. The average molecular weight is 481 g/mol. The maximum Gasteiger partial charge on any atom is 0.416 e. The monoisotopic (exact) mass is 480 g/mol. The number of thiazole rings is 1. The number of nitrogens with zero attached hydrogens (tertiary/aromatic N) is 7. The first-order valence-corrected chi connectivity index (χ1v) is 11.7. The van der Waals surface area contributed by atoms with Gasteiger partial charge in [0, 0.05) is 25.4 Å². The summed E-state index contributed by atoms with van der Waals surface area (Å²) in [6.07, 6.45) is 4.60. The average Bonchev–Trinajstić information content (AvgIpc) is 3.36. The van der Waals surface area contributed by atoms with Crippen LogP contribution in [0.3, 0.4) is 0 Å². The normalized spacial score (nSPS) is 11.8. The molecule has 0 aromatic carbocycles. The van der Waals surface area contributed by atoms with Crippen molar-refractivity contribution in [2.75, 3.05) is 17.3 Å². The number of imidazole rings is 1. The molecule has 0 radical (unpaired) electrons. The molecule has 0 spiro atoms. The van der Waals surface area contributed by atoms with E-state index in [0.29, 0.717) is 22.6 Å². The smallest absolute Gasteiger partial charge is 0.416 e. The predicted octanol–water partition coefficient (Wildman–Crippen LogP) is 5.35. The minimum Gasteiger partial charge on any atom is -0.443 e. The summed E-state index contributed by atoms with van der Waals surface area (Å²) in [6, 6.07) is 4.03. The minimum absolute atomic E-state index is 0.283. The number of hydrogen-bond donors (Lipinski definition) is 1. The zero-order chi connectivity index (χ0) is 24.6. The fourth-order valence-corrected chi connectivity index (χ4v) is 4.26. The van der Waals surface area contributed by atoms with Gasteiger partial charge in [-0.2, -0.15) is 0 Å². The highest BCUT2D eigenvalue weighted by atomic mass is 32.1. The van der Waals surface area contributed by atoms with Crippen LogP contribution in [0.15, 0.2) is 30.7 Å². The van der Waals surface area contributed by atoms with E-state index in [2.05, 4.69) is 48.7 Å². The number of aryl methyl sites for hydroxylation is 1. The highest BCUT2D eigenvalue weighted by Crippen LogP contribution is 2.30. The van der Waals surface area contributed by atoms with Gasteiger partial charge in [-0.25, -0.2) is 29.7 Å². The molecule has 0 unspecified atom stereocenters. The number of carbonyl (C=O) groups is 1. The molecule has 0 atom stereocenters. The summed E-state index contributed by atoms with van der Waals surface area (Å²) in [4.78, 5) is 36.8. The van der Waals surface area contributed by atoms with E-state index in [9.17, 15) is 4.79 Å². The standard InChI is InChI=1S/C23H28N8O2S/c1-13(2)31-14(3)27-15-11-25-19(10-16(15)31)28-18-8-9-24-20(29-18)17-12-26-21(34-17)30(7)22(32)33-23(4,5)6/h8-13H,1-7H3,(H,24,25,28,29). The van der Waals surface area contributed by atoms with Crippen molar-refractivity contribution in [1.82, 2.24) is 29.5 Å². The third-order valence-corrected chi connectivity index (χ3v) is 5.92. The van der Waals surface area contributed by atoms with Crippen LogP contribution in [0.25, 0.3) is 21.7 Å². The molecule has 4 rings (SSSR count). The predicted molar refractivity (Wildman–Crippen MR) is 134 cm³/mol. The number of ether oxygens (including phenoxy) is 1. The van der Waals surface area contributed by atoms with Crippen LogP contribution in [0.1, 0.15) is 46.5 Å². The van der Waals surface area contributed by atoms with Crippen LogP contribution in [-0.2, 0) is 4.74 Å². The van der Waals surface area contributed by atoms with Crippen molar-refractivity contribution >= 4 is 45.2 Å². The number of hydrogen-bond acceptors (Lipinski definition) is 9. The molecule has 0 saturated heterocycles. The lowest BCUT2D eigenvalue weighted by atomic mass is 10.2. The van der Waals surface area contributed by atoms with Crippen molar-refractivity contribution in [3.8, 4) is 10.7 Å². The molecule has 0 fully saturated rings. The van der Waals surface area contributed by atoms with E-state index in [-0.39, 0.29) is 6.04 Å². The number of rotatable bonds is 5. The van der Waals surface area contributed by atoms with Crippen molar-refractivity contribution in [1.29, 1.82) is 0 Å². The Bertz CT molecular complexity index is 1340. The molecule has 0 bridgehead atoms. The number of amides is 1. The summed E-state index contributed by atoms with van der Waals surface area (Å²) in [5, 5.41) is 3.75. The first-order chi connectivity index (χ1) is 16.0. The van der Waals surface area contributed by atoms with Gasteiger partial charge in [0.15, 0.2) is 11.0 Å². The van der Waals surface area contributed by atoms with Gasteiger partial charge < -0.3 is 14.6 Å². The summed E-state index contributed by atoms with van der Waals surface area (Å²) in [6.45, 7) is 11.7. The van der Waals surface area contributed by atoms with Crippen LogP contribution in [0, 0.1) is 6.92 Å². The molecule has 4 aromatic heterocycles. The molecule has 1 amide bonds. The fourth-order valence-electron chi connectivity index (χ4n) is 3.45. The Morgan fingerprint density at radius 2 is 1.91 bits per heavy atom. The van der Waals surface area contributed by atoms with Crippen molar-refractivity contribution in [2.24, 2.45) is 0 Å². The lowest BCUT2D eigenvalue weighted by Crippen LogP contribution is -2.34. The van der Waals surface area contributed by atoms with Crippen LogP contribution < -0.4 is 10.2 Å². The minimum atomic E-state index is -0.586. The second kappa shape index (κ2) is 8.98. The van der Waals surface area contributed by atoms with Gasteiger partial charge in [-0.3, -0.25) is 4.90 Å². The maximum absolute atomic E-state index is 12.3. The zero-order valence-electron chi connectivity index (χ0n) is 20.3. The van der Waals surface area contributed by atoms with Crippen LogP contribution in [-0.4, -0.2) is 48.2 Å². The van der Waals surface area contributed by atoms with Gasteiger partial charge in [-0.1, -0.05) is 11.3 Å². The number of carbonyl (C=O) groups excluding carboxylic acids is 1. The summed E-state index contributed by atoms with van der Waals surface area (Å²) in [5.41, 5.74) is 1.28. The quantitative estimate of drug-likeness (QED) is 0.407. The topological polar surface area (TPSA) is 111 Å². The van der Waals surface area contributed by atoms with E-state index in [0.717, 1.165) is 21.7 Å². The number of nitrogens with one attached hydrogen (secondary N) is 1. The molecule has 0 aliphatic heterocycles. The van der Waals surface area contributed by atoms with Gasteiger partial charge in [-0.15, -0.1) is 0 Å². The van der Waals surface area contributed by atoms with Gasteiger partial charge in [-0.05, 0) is 47.6 Å². The molecule has 4 aromatic rings. The lowest BCUT2D eigenvalue weighted by Gasteiger charge is -2.23. The summed E-state index contributed by atoms with van der Waals surface area (Å²) >= 11 is 1.31. The zero-order valence-corrected chi connectivity index (χ0v) is 21.1. The molecule has 4 heterocycles. The van der Waals surface area contributed by atoms with Crippen molar-refractivity contribution in [3.63, 3.8) is 0 Å². The Kier molecular flexibility index (Phi) is 6.22. The lowest BCUT2D eigenvalue weighted by molar-refractivity contribution is 0.0589. The Morgan fingerprint density at radius 3 is 2.62 bits per heavy atom. The Hall–Kier alpha value is -3.60.